The highest BCUT2D eigenvalue weighted by atomic mass is 15.4. The Morgan fingerprint density at radius 2 is 1.69 bits per heavy atom. The van der Waals surface area contributed by atoms with Gasteiger partial charge in [-0.3, -0.25) is 0 Å². The Hall–Kier alpha value is -2.97. The van der Waals surface area contributed by atoms with Crippen LogP contribution in [0.2, 0.25) is 0 Å². The number of anilines is 3. The normalized spacial score (nSPS) is 14.9. The molecule has 0 N–H and O–H groups in total. The van der Waals surface area contributed by atoms with Gasteiger partial charge in [0.2, 0.25) is 5.95 Å². The Labute approximate surface area is 152 Å². The molecular weight excluding hydrogens is 330 g/mol. The van der Waals surface area contributed by atoms with Crippen molar-refractivity contribution < 1.29 is 0 Å². The molecule has 0 atom stereocenters. The third-order valence-corrected chi connectivity index (χ3v) is 4.81. The Kier molecular flexibility index (Phi) is 4.06. The van der Waals surface area contributed by atoms with Crippen molar-refractivity contribution in [3.63, 3.8) is 0 Å². The maximum Gasteiger partial charge on any atom is 0.254 e. The number of aromatic nitrogens is 6. The summed E-state index contributed by atoms with van der Waals surface area (Å²) in [7, 11) is 3.91. The summed E-state index contributed by atoms with van der Waals surface area (Å²) in [5, 5.41) is 4.37. The Morgan fingerprint density at radius 3 is 2.42 bits per heavy atom. The highest BCUT2D eigenvalue weighted by molar-refractivity contribution is 5.55. The van der Waals surface area contributed by atoms with E-state index < -0.39 is 0 Å². The lowest BCUT2D eigenvalue weighted by atomic mass is 10.2. The standard InChI is InChI=1S/C17H23N9/c1-12-13(2)21-17-19-11-20-26(17)15(12)25-9-7-24(8-10-25)14-5-6-18-16(22-14)23(3)4/h5-6,11H,7-10H2,1-4H3. The maximum atomic E-state index is 4.65. The minimum Gasteiger partial charge on any atom is -0.353 e. The molecule has 26 heavy (non-hydrogen) atoms. The van der Waals surface area contributed by atoms with Crippen LogP contribution in [0.5, 0.6) is 0 Å². The smallest absolute Gasteiger partial charge is 0.254 e. The predicted octanol–water partition coefficient (Wildman–Crippen LogP) is 0.924. The largest absolute Gasteiger partial charge is 0.353 e. The van der Waals surface area contributed by atoms with E-state index in [4.69, 9.17) is 0 Å². The summed E-state index contributed by atoms with van der Waals surface area (Å²) >= 11 is 0. The molecule has 3 aromatic heterocycles. The Balaban J connectivity index is 1.57. The number of nitrogens with zero attached hydrogens (tertiary/aromatic N) is 9. The van der Waals surface area contributed by atoms with E-state index in [1.807, 2.05) is 42.7 Å². The van der Waals surface area contributed by atoms with Crippen LogP contribution in [-0.2, 0) is 0 Å². The second kappa shape index (κ2) is 6.40. The average molecular weight is 353 g/mol. The average Bonchev–Trinajstić information content (AvgIpc) is 3.10. The number of rotatable bonds is 3. The van der Waals surface area contributed by atoms with Gasteiger partial charge in [-0.2, -0.15) is 19.6 Å². The lowest BCUT2D eigenvalue weighted by Gasteiger charge is -2.37. The van der Waals surface area contributed by atoms with Gasteiger partial charge in [-0.15, -0.1) is 0 Å². The number of piperazine rings is 1. The molecule has 9 nitrogen and oxygen atoms in total. The summed E-state index contributed by atoms with van der Waals surface area (Å²) in [5.74, 6) is 3.44. The SMILES string of the molecule is Cc1nc2ncnn2c(N2CCN(c3ccnc(N(C)C)n3)CC2)c1C. The fraction of sp³-hybridized carbons (Fsp3) is 0.471. The van der Waals surface area contributed by atoms with Crippen LogP contribution in [0.25, 0.3) is 5.78 Å². The van der Waals surface area contributed by atoms with E-state index in [1.165, 1.54) is 0 Å². The molecular formula is C17H23N9. The molecule has 0 bridgehead atoms. The van der Waals surface area contributed by atoms with E-state index in [0.29, 0.717) is 5.78 Å². The minimum atomic E-state index is 0.650. The fourth-order valence-corrected chi connectivity index (χ4v) is 3.26. The van der Waals surface area contributed by atoms with Crippen molar-refractivity contribution in [3.8, 4) is 0 Å². The molecule has 4 heterocycles. The van der Waals surface area contributed by atoms with Gasteiger partial charge in [0.15, 0.2) is 0 Å². The van der Waals surface area contributed by atoms with Crippen molar-refractivity contribution in [1.82, 2.24) is 29.5 Å². The van der Waals surface area contributed by atoms with Crippen molar-refractivity contribution in [1.29, 1.82) is 0 Å². The first-order valence-electron chi connectivity index (χ1n) is 8.72. The first-order valence-corrected chi connectivity index (χ1v) is 8.72. The van der Waals surface area contributed by atoms with E-state index in [0.717, 1.165) is 55.0 Å². The molecule has 4 rings (SSSR count). The molecule has 1 aliphatic rings. The Bertz CT molecular complexity index is 925. The van der Waals surface area contributed by atoms with Crippen LogP contribution in [-0.4, -0.2) is 69.8 Å². The summed E-state index contributed by atoms with van der Waals surface area (Å²) in [6.07, 6.45) is 3.38. The molecule has 0 amide bonds. The zero-order valence-corrected chi connectivity index (χ0v) is 15.6. The summed E-state index contributed by atoms with van der Waals surface area (Å²) in [6, 6.07) is 1.97. The molecule has 3 aromatic rings. The van der Waals surface area contributed by atoms with Crippen LogP contribution in [0.4, 0.5) is 17.6 Å². The van der Waals surface area contributed by atoms with Gasteiger partial charge in [-0.05, 0) is 19.9 Å². The molecule has 136 valence electrons. The van der Waals surface area contributed by atoms with Gasteiger partial charge < -0.3 is 14.7 Å². The van der Waals surface area contributed by atoms with Gasteiger partial charge >= 0.3 is 0 Å². The Morgan fingerprint density at radius 1 is 0.962 bits per heavy atom. The predicted molar refractivity (Wildman–Crippen MR) is 101 cm³/mol. The van der Waals surface area contributed by atoms with Crippen molar-refractivity contribution in [2.45, 2.75) is 13.8 Å². The van der Waals surface area contributed by atoms with Crippen molar-refractivity contribution in [2.75, 3.05) is 55.0 Å². The molecule has 0 spiro atoms. The van der Waals surface area contributed by atoms with Gasteiger partial charge in [0.1, 0.15) is 18.0 Å². The second-order valence-corrected chi connectivity index (χ2v) is 6.70. The summed E-state index contributed by atoms with van der Waals surface area (Å²) in [5.41, 5.74) is 2.14. The van der Waals surface area contributed by atoms with E-state index in [9.17, 15) is 0 Å². The monoisotopic (exact) mass is 353 g/mol. The van der Waals surface area contributed by atoms with Crippen LogP contribution >= 0.6 is 0 Å². The lowest BCUT2D eigenvalue weighted by Crippen LogP contribution is -2.47. The van der Waals surface area contributed by atoms with Crippen molar-refractivity contribution in [3.05, 3.63) is 29.8 Å². The summed E-state index contributed by atoms with van der Waals surface area (Å²) < 4.78 is 1.84. The lowest BCUT2D eigenvalue weighted by molar-refractivity contribution is 0.630. The van der Waals surface area contributed by atoms with Gasteiger partial charge in [-0.25, -0.2) is 9.97 Å². The van der Waals surface area contributed by atoms with Gasteiger partial charge in [0.05, 0.1) is 0 Å². The topological polar surface area (TPSA) is 78.6 Å². The minimum absolute atomic E-state index is 0.650. The van der Waals surface area contributed by atoms with E-state index in [-0.39, 0.29) is 0 Å². The van der Waals surface area contributed by atoms with Crippen LogP contribution in [0.15, 0.2) is 18.6 Å². The van der Waals surface area contributed by atoms with Gasteiger partial charge in [-0.1, -0.05) is 0 Å². The van der Waals surface area contributed by atoms with Gasteiger partial charge in [0.25, 0.3) is 5.78 Å². The molecule has 1 fully saturated rings. The molecule has 0 radical (unpaired) electrons. The second-order valence-electron chi connectivity index (χ2n) is 6.70. The molecule has 1 aliphatic heterocycles. The van der Waals surface area contributed by atoms with Crippen LogP contribution in [0.3, 0.4) is 0 Å². The van der Waals surface area contributed by atoms with Crippen molar-refractivity contribution >= 4 is 23.4 Å². The number of aryl methyl sites for hydroxylation is 1. The first kappa shape index (κ1) is 16.5. The van der Waals surface area contributed by atoms with Crippen molar-refractivity contribution in [2.24, 2.45) is 0 Å². The van der Waals surface area contributed by atoms with E-state index in [1.54, 1.807) is 6.33 Å². The highest BCUT2D eigenvalue weighted by Crippen LogP contribution is 2.24. The van der Waals surface area contributed by atoms with E-state index >= 15 is 0 Å². The van der Waals surface area contributed by atoms with Crippen LogP contribution in [0.1, 0.15) is 11.3 Å². The number of fused-ring (bicyclic) bond motifs is 1. The third-order valence-electron chi connectivity index (χ3n) is 4.81. The molecule has 1 saturated heterocycles. The zero-order valence-electron chi connectivity index (χ0n) is 15.6. The molecule has 0 saturated carbocycles. The molecule has 0 unspecified atom stereocenters. The molecule has 9 heteroatoms. The molecule has 0 aliphatic carbocycles. The van der Waals surface area contributed by atoms with Gasteiger partial charge in [0, 0.05) is 57.7 Å². The highest BCUT2D eigenvalue weighted by Gasteiger charge is 2.23. The fourth-order valence-electron chi connectivity index (χ4n) is 3.26. The van der Waals surface area contributed by atoms with E-state index in [2.05, 4.69) is 41.8 Å². The van der Waals surface area contributed by atoms with Crippen LogP contribution < -0.4 is 14.7 Å². The maximum absolute atomic E-state index is 4.65. The third kappa shape index (κ3) is 2.79. The number of hydrogen-bond donors (Lipinski definition) is 0. The summed E-state index contributed by atoms with van der Waals surface area (Å²) in [6.45, 7) is 7.68. The summed E-state index contributed by atoms with van der Waals surface area (Å²) in [4.78, 5) is 24.3. The zero-order chi connectivity index (χ0) is 18.3. The first-order chi connectivity index (χ1) is 12.5. The molecule has 0 aromatic carbocycles. The number of hydrogen-bond acceptors (Lipinski definition) is 8. The van der Waals surface area contributed by atoms with Crippen LogP contribution in [0, 0.1) is 13.8 Å². The quantitative estimate of drug-likeness (QED) is 0.688.